The summed E-state index contributed by atoms with van der Waals surface area (Å²) in [7, 11) is 0. The number of hydrogen-bond acceptors (Lipinski definition) is 6. The van der Waals surface area contributed by atoms with E-state index in [-0.39, 0.29) is 19.5 Å². The van der Waals surface area contributed by atoms with E-state index in [4.69, 9.17) is 18.9 Å². The minimum absolute atomic E-state index is 0.131. The molecule has 3 aliphatic heterocycles. The summed E-state index contributed by atoms with van der Waals surface area (Å²) in [5, 5.41) is 14.7. The van der Waals surface area contributed by atoms with E-state index in [0.717, 1.165) is 16.3 Å². The van der Waals surface area contributed by atoms with E-state index in [1.54, 1.807) is 6.07 Å². The van der Waals surface area contributed by atoms with Gasteiger partial charge in [0.1, 0.15) is 0 Å². The van der Waals surface area contributed by atoms with Crippen LogP contribution in [0.1, 0.15) is 22.1 Å². The van der Waals surface area contributed by atoms with Crippen LogP contribution in [0.5, 0.6) is 23.0 Å². The Labute approximate surface area is 153 Å². The van der Waals surface area contributed by atoms with Gasteiger partial charge >= 0.3 is 0 Å². The highest BCUT2D eigenvalue weighted by Gasteiger charge is 2.34. The zero-order valence-electron chi connectivity index (χ0n) is 13.9. The van der Waals surface area contributed by atoms with E-state index < -0.39 is 6.23 Å². The monoisotopic (exact) mass is 363 g/mol. The molecule has 1 amide bonds. The van der Waals surface area contributed by atoms with Gasteiger partial charge in [-0.15, -0.1) is 0 Å². The van der Waals surface area contributed by atoms with E-state index in [9.17, 15) is 9.90 Å². The molecule has 0 spiro atoms. The van der Waals surface area contributed by atoms with Crippen LogP contribution in [0.2, 0.25) is 0 Å². The van der Waals surface area contributed by atoms with Crippen molar-refractivity contribution in [2.24, 2.45) is 0 Å². The maximum absolute atomic E-state index is 12.4. The van der Waals surface area contributed by atoms with Gasteiger partial charge in [-0.25, -0.2) is 0 Å². The number of aliphatic hydroxyl groups excluding tert-OH is 1. The second-order valence-corrected chi connectivity index (χ2v) is 6.55. The fourth-order valence-electron chi connectivity index (χ4n) is 3.97. The third-order valence-corrected chi connectivity index (χ3v) is 5.13. The van der Waals surface area contributed by atoms with Gasteiger partial charge in [0, 0.05) is 22.1 Å². The van der Waals surface area contributed by atoms with E-state index in [0.29, 0.717) is 39.7 Å². The molecule has 3 aromatic carbocycles. The van der Waals surface area contributed by atoms with Crippen LogP contribution in [0.25, 0.3) is 21.9 Å². The van der Waals surface area contributed by atoms with Gasteiger partial charge in [-0.3, -0.25) is 4.79 Å². The van der Waals surface area contributed by atoms with Gasteiger partial charge in [0.2, 0.25) is 13.6 Å². The molecule has 0 saturated carbocycles. The Hall–Kier alpha value is -3.45. The first-order valence-electron chi connectivity index (χ1n) is 8.49. The van der Waals surface area contributed by atoms with Crippen LogP contribution in [0.4, 0.5) is 0 Å². The summed E-state index contributed by atoms with van der Waals surface area (Å²) in [4.78, 5) is 12.4. The Morgan fingerprint density at radius 1 is 0.926 bits per heavy atom. The molecule has 2 N–H and O–H groups in total. The lowest BCUT2D eigenvalue weighted by molar-refractivity contribution is 0.0851. The average molecular weight is 363 g/mol. The molecule has 7 nitrogen and oxygen atoms in total. The number of fused-ring (bicyclic) bond motifs is 5. The lowest BCUT2D eigenvalue weighted by Gasteiger charge is -2.16. The lowest BCUT2D eigenvalue weighted by atomic mass is 9.89. The van der Waals surface area contributed by atoms with Crippen molar-refractivity contribution < 1.29 is 28.8 Å². The molecule has 0 saturated heterocycles. The van der Waals surface area contributed by atoms with E-state index >= 15 is 0 Å². The molecule has 3 aliphatic rings. The smallest absolute Gasteiger partial charge is 0.254 e. The van der Waals surface area contributed by atoms with Gasteiger partial charge in [0.05, 0.1) is 0 Å². The second-order valence-electron chi connectivity index (χ2n) is 6.55. The van der Waals surface area contributed by atoms with Crippen LogP contribution in [0.3, 0.4) is 0 Å². The molecule has 7 heteroatoms. The lowest BCUT2D eigenvalue weighted by Crippen LogP contribution is -2.18. The maximum atomic E-state index is 12.4. The molecule has 0 aromatic heterocycles. The molecule has 27 heavy (non-hydrogen) atoms. The van der Waals surface area contributed by atoms with Crippen molar-refractivity contribution in [3.63, 3.8) is 0 Å². The molecule has 0 bridgehead atoms. The zero-order chi connectivity index (χ0) is 18.1. The van der Waals surface area contributed by atoms with Crippen molar-refractivity contribution >= 4 is 16.7 Å². The van der Waals surface area contributed by atoms with E-state index in [1.165, 1.54) is 0 Å². The van der Waals surface area contributed by atoms with Gasteiger partial charge in [-0.1, -0.05) is 12.1 Å². The summed E-state index contributed by atoms with van der Waals surface area (Å²) in [6.45, 7) is 0.299. The molecule has 6 rings (SSSR count). The fraction of sp³-hybridized carbons (Fsp3) is 0.150. The molecule has 1 atom stereocenters. The maximum Gasteiger partial charge on any atom is 0.254 e. The van der Waals surface area contributed by atoms with Crippen molar-refractivity contribution in [2.75, 3.05) is 13.6 Å². The molecule has 134 valence electrons. The summed E-state index contributed by atoms with van der Waals surface area (Å²) in [5.41, 5.74) is 2.48. The highest BCUT2D eigenvalue weighted by Crippen LogP contribution is 2.49. The average Bonchev–Trinajstić information content (AvgIpc) is 3.39. The summed E-state index contributed by atoms with van der Waals surface area (Å²) in [5.74, 6) is 2.22. The Balaban J connectivity index is 1.75. The predicted octanol–water partition coefficient (Wildman–Crippen LogP) is 2.70. The van der Waals surface area contributed by atoms with E-state index in [1.807, 2.05) is 30.3 Å². The number of ether oxygens (including phenoxy) is 4. The fourth-order valence-corrected chi connectivity index (χ4v) is 3.97. The Bertz CT molecular complexity index is 1160. The first-order chi connectivity index (χ1) is 13.2. The molecule has 3 aromatic rings. The number of aliphatic hydroxyl groups is 1. The van der Waals surface area contributed by atoms with Crippen LogP contribution in [0, 0.1) is 0 Å². The molecule has 0 fully saturated rings. The number of rotatable bonds is 1. The molecular weight excluding hydrogens is 350 g/mol. The van der Waals surface area contributed by atoms with E-state index in [2.05, 4.69) is 5.32 Å². The third kappa shape index (κ3) is 1.91. The minimum atomic E-state index is -1.10. The number of nitrogens with one attached hydrogen (secondary N) is 1. The van der Waals surface area contributed by atoms with Crippen LogP contribution < -0.4 is 24.3 Å². The number of benzene rings is 3. The second kappa shape index (κ2) is 5.05. The Morgan fingerprint density at radius 2 is 1.70 bits per heavy atom. The number of carbonyl (C=O) groups is 1. The minimum Gasteiger partial charge on any atom is -0.454 e. The number of carbonyl (C=O) groups excluding carboxylic acids is 1. The van der Waals surface area contributed by atoms with Crippen molar-refractivity contribution in [3.8, 4) is 34.1 Å². The normalized spacial score (nSPS) is 18.7. The van der Waals surface area contributed by atoms with Crippen molar-refractivity contribution in [1.29, 1.82) is 0 Å². The molecule has 1 unspecified atom stereocenters. The summed E-state index contributed by atoms with van der Waals surface area (Å²) < 4.78 is 22.2. The Kier molecular flexibility index (Phi) is 2.75. The van der Waals surface area contributed by atoms with Crippen LogP contribution >= 0.6 is 0 Å². The van der Waals surface area contributed by atoms with Crippen LogP contribution in [0.15, 0.2) is 36.4 Å². The Morgan fingerprint density at radius 3 is 2.63 bits per heavy atom. The van der Waals surface area contributed by atoms with Crippen molar-refractivity contribution in [1.82, 2.24) is 5.32 Å². The van der Waals surface area contributed by atoms with Crippen LogP contribution in [-0.4, -0.2) is 24.6 Å². The third-order valence-electron chi connectivity index (χ3n) is 5.13. The largest absolute Gasteiger partial charge is 0.454 e. The zero-order valence-corrected chi connectivity index (χ0v) is 13.9. The first kappa shape index (κ1) is 14.7. The van der Waals surface area contributed by atoms with Gasteiger partial charge in [0.25, 0.3) is 5.91 Å². The highest BCUT2D eigenvalue weighted by atomic mass is 16.7. The molecular formula is C20H13NO6. The van der Waals surface area contributed by atoms with Crippen molar-refractivity contribution in [3.05, 3.63) is 47.5 Å². The standard InChI is InChI=1S/C20H13NO6/c22-19-11-5-9-2-4-13-18(27-8-25-13)16(9)15(17(11)20(23)21-19)10-1-3-12-14(6-10)26-7-24-12/h1-6,20,23H,7-8H2,(H,21,22). The molecule has 3 heterocycles. The first-order valence-corrected chi connectivity index (χ1v) is 8.49. The van der Waals surface area contributed by atoms with Gasteiger partial charge in [-0.2, -0.15) is 0 Å². The predicted molar refractivity (Wildman–Crippen MR) is 94.1 cm³/mol. The molecule has 0 aliphatic carbocycles. The topological polar surface area (TPSA) is 86.3 Å². The summed E-state index contributed by atoms with van der Waals surface area (Å²) in [6.07, 6.45) is -1.10. The van der Waals surface area contributed by atoms with Gasteiger partial charge in [0.15, 0.2) is 29.2 Å². The summed E-state index contributed by atoms with van der Waals surface area (Å²) >= 11 is 0. The quantitative estimate of drug-likeness (QED) is 0.691. The van der Waals surface area contributed by atoms with Crippen molar-refractivity contribution in [2.45, 2.75) is 6.23 Å². The highest BCUT2D eigenvalue weighted by molar-refractivity contribution is 6.12. The summed E-state index contributed by atoms with van der Waals surface area (Å²) in [6, 6.07) is 11.0. The molecule has 0 radical (unpaired) electrons. The number of amides is 1. The SMILES string of the molecule is O=C1NC(O)c2c1cc1ccc3c(c1c2-c1ccc2c(c1)OCO2)OCO3. The van der Waals surface area contributed by atoms with Gasteiger partial charge < -0.3 is 29.4 Å². The van der Waals surface area contributed by atoms with Gasteiger partial charge in [-0.05, 0) is 35.2 Å². The van der Waals surface area contributed by atoms with Crippen LogP contribution in [-0.2, 0) is 0 Å². The number of hydrogen-bond donors (Lipinski definition) is 2.